The highest BCUT2D eigenvalue weighted by Crippen LogP contribution is 2.40. The molecule has 7 heteroatoms. The molecule has 1 atom stereocenters. The molecule has 1 aliphatic rings. The van der Waals surface area contributed by atoms with E-state index in [2.05, 4.69) is 21.2 Å². The van der Waals surface area contributed by atoms with E-state index in [1.54, 1.807) is 18.2 Å². The normalized spacial score (nSPS) is 18.7. The molecule has 0 spiro atoms. The molecule has 1 N–H and O–H groups in total. The molecule has 1 heterocycles. The fraction of sp³-hybridized carbons (Fsp3) is 0.500. The summed E-state index contributed by atoms with van der Waals surface area (Å²) < 4.78 is 40.4. The first-order valence-corrected chi connectivity index (χ1v) is 6.55. The lowest BCUT2D eigenvalue weighted by molar-refractivity contribution is -0.188. The minimum atomic E-state index is -4.26. The predicted octanol–water partition coefficient (Wildman–Crippen LogP) is 3.38. The van der Waals surface area contributed by atoms with Gasteiger partial charge < -0.3 is 5.32 Å². The first-order chi connectivity index (χ1) is 8.50. The monoisotopic (exact) mass is 358 g/mol. The van der Waals surface area contributed by atoms with Gasteiger partial charge in [0.05, 0.1) is 0 Å². The largest absolute Gasteiger partial charge is 0.408 e. The van der Waals surface area contributed by atoms with Gasteiger partial charge in [0.15, 0.2) is 0 Å². The van der Waals surface area contributed by atoms with Crippen LogP contribution in [0.1, 0.15) is 11.6 Å². The van der Waals surface area contributed by atoms with E-state index in [0.717, 1.165) is 0 Å². The summed E-state index contributed by atoms with van der Waals surface area (Å²) in [5.41, 5.74) is 0.284. The number of hydrogen-bond donors (Lipinski definition) is 1. The van der Waals surface area contributed by atoms with Gasteiger partial charge in [0.1, 0.15) is 6.04 Å². The molecular formula is C12H15BrClF3N2. The highest BCUT2D eigenvalue weighted by molar-refractivity contribution is 9.10. The first-order valence-electron chi connectivity index (χ1n) is 5.76. The van der Waals surface area contributed by atoms with Gasteiger partial charge in [-0.05, 0) is 11.6 Å². The molecule has 1 fully saturated rings. The number of piperazine rings is 1. The van der Waals surface area contributed by atoms with Crippen molar-refractivity contribution < 1.29 is 13.2 Å². The van der Waals surface area contributed by atoms with Crippen LogP contribution in [0.15, 0.2) is 28.7 Å². The number of halogens is 5. The number of rotatable bonds is 2. The van der Waals surface area contributed by atoms with Crippen LogP contribution < -0.4 is 5.32 Å². The van der Waals surface area contributed by atoms with Gasteiger partial charge in [-0.15, -0.1) is 12.4 Å². The van der Waals surface area contributed by atoms with Crippen LogP contribution >= 0.6 is 28.3 Å². The number of nitrogens with one attached hydrogen (secondary N) is 1. The highest BCUT2D eigenvalue weighted by atomic mass is 79.9. The van der Waals surface area contributed by atoms with Crippen molar-refractivity contribution in [2.24, 2.45) is 0 Å². The SMILES string of the molecule is Cl.FC(F)(F)[C@@H](c1ccccc1Br)N1CCNCC1. The molecule has 1 saturated heterocycles. The Kier molecular flexibility index (Phi) is 6.11. The molecule has 108 valence electrons. The minimum absolute atomic E-state index is 0. The van der Waals surface area contributed by atoms with E-state index in [0.29, 0.717) is 30.7 Å². The standard InChI is InChI=1S/C12H14BrF3N2.ClH/c13-10-4-2-1-3-9(10)11(12(14,15)16)18-7-5-17-6-8-18;/h1-4,11,17H,5-8H2;1H/t11-;/m1./s1. The Hall–Kier alpha value is -0.300. The smallest absolute Gasteiger partial charge is 0.314 e. The average molecular weight is 360 g/mol. The van der Waals surface area contributed by atoms with Crippen LogP contribution in [-0.4, -0.2) is 37.3 Å². The molecule has 1 aromatic rings. The molecule has 0 amide bonds. The maximum absolute atomic E-state index is 13.3. The molecule has 19 heavy (non-hydrogen) atoms. The van der Waals surface area contributed by atoms with E-state index in [1.807, 2.05) is 0 Å². The Labute approximate surface area is 124 Å². The van der Waals surface area contributed by atoms with Crippen LogP contribution in [0.3, 0.4) is 0 Å². The van der Waals surface area contributed by atoms with Crippen molar-refractivity contribution >= 4 is 28.3 Å². The summed E-state index contributed by atoms with van der Waals surface area (Å²) in [4.78, 5) is 1.48. The number of benzene rings is 1. The van der Waals surface area contributed by atoms with Gasteiger partial charge >= 0.3 is 6.18 Å². The summed E-state index contributed by atoms with van der Waals surface area (Å²) in [5, 5.41) is 3.07. The van der Waals surface area contributed by atoms with Gasteiger partial charge in [-0.3, -0.25) is 4.90 Å². The first kappa shape index (κ1) is 16.8. The third-order valence-corrected chi connectivity index (χ3v) is 3.75. The Bertz CT molecular complexity index is 408. The third-order valence-electron chi connectivity index (χ3n) is 3.03. The molecule has 1 aliphatic heterocycles. The molecule has 0 radical (unpaired) electrons. The number of hydrogen-bond acceptors (Lipinski definition) is 2. The lowest BCUT2D eigenvalue weighted by Gasteiger charge is -2.36. The maximum Gasteiger partial charge on any atom is 0.408 e. The van der Waals surface area contributed by atoms with E-state index in [4.69, 9.17) is 0 Å². The quantitative estimate of drug-likeness (QED) is 0.871. The van der Waals surface area contributed by atoms with E-state index in [1.165, 1.54) is 11.0 Å². The summed E-state index contributed by atoms with van der Waals surface area (Å²) in [5.74, 6) is 0. The molecule has 0 saturated carbocycles. The van der Waals surface area contributed by atoms with Crippen molar-refractivity contribution in [1.29, 1.82) is 0 Å². The van der Waals surface area contributed by atoms with E-state index in [-0.39, 0.29) is 18.0 Å². The van der Waals surface area contributed by atoms with Crippen LogP contribution in [-0.2, 0) is 0 Å². The van der Waals surface area contributed by atoms with Crippen molar-refractivity contribution in [3.8, 4) is 0 Å². The summed E-state index contributed by atoms with van der Waals surface area (Å²) in [6, 6.07) is 5.01. The molecule has 0 bridgehead atoms. The zero-order chi connectivity index (χ0) is 13.2. The van der Waals surface area contributed by atoms with Crippen molar-refractivity contribution in [1.82, 2.24) is 10.2 Å². The lowest BCUT2D eigenvalue weighted by Crippen LogP contribution is -2.49. The zero-order valence-electron chi connectivity index (χ0n) is 10.1. The fourth-order valence-electron chi connectivity index (χ4n) is 2.22. The van der Waals surface area contributed by atoms with Gasteiger partial charge in [0.25, 0.3) is 0 Å². The number of alkyl halides is 3. The van der Waals surface area contributed by atoms with Gasteiger partial charge in [-0.1, -0.05) is 34.1 Å². The second kappa shape index (κ2) is 6.92. The van der Waals surface area contributed by atoms with Crippen LogP contribution in [0.5, 0.6) is 0 Å². The average Bonchev–Trinajstić information content (AvgIpc) is 2.32. The summed E-state index contributed by atoms with van der Waals surface area (Å²) in [7, 11) is 0. The van der Waals surface area contributed by atoms with Gasteiger partial charge in [-0.2, -0.15) is 13.2 Å². The molecule has 2 rings (SSSR count). The van der Waals surface area contributed by atoms with Crippen molar-refractivity contribution in [3.63, 3.8) is 0 Å². The van der Waals surface area contributed by atoms with Crippen LogP contribution in [0.2, 0.25) is 0 Å². The Morgan fingerprint density at radius 1 is 1.16 bits per heavy atom. The Balaban J connectivity index is 0.00000180. The van der Waals surface area contributed by atoms with Crippen LogP contribution in [0.4, 0.5) is 13.2 Å². The topological polar surface area (TPSA) is 15.3 Å². The van der Waals surface area contributed by atoms with Crippen LogP contribution in [0.25, 0.3) is 0 Å². The Morgan fingerprint density at radius 3 is 2.26 bits per heavy atom. The van der Waals surface area contributed by atoms with E-state index >= 15 is 0 Å². The van der Waals surface area contributed by atoms with Gasteiger partial charge in [-0.25, -0.2) is 0 Å². The zero-order valence-corrected chi connectivity index (χ0v) is 12.5. The molecule has 0 unspecified atom stereocenters. The molecule has 2 nitrogen and oxygen atoms in total. The highest BCUT2D eigenvalue weighted by Gasteiger charge is 2.45. The Morgan fingerprint density at radius 2 is 1.74 bits per heavy atom. The van der Waals surface area contributed by atoms with E-state index < -0.39 is 12.2 Å². The minimum Gasteiger partial charge on any atom is -0.314 e. The van der Waals surface area contributed by atoms with Crippen molar-refractivity contribution in [3.05, 3.63) is 34.3 Å². The summed E-state index contributed by atoms with van der Waals surface area (Å²) in [6.07, 6.45) is -4.26. The van der Waals surface area contributed by atoms with Crippen molar-refractivity contribution in [2.45, 2.75) is 12.2 Å². The van der Waals surface area contributed by atoms with E-state index in [9.17, 15) is 13.2 Å². The van der Waals surface area contributed by atoms with Gasteiger partial charge in [0, 0.05) is 30.7 Å². The van der Waals surface area contributed by atoms with Gasteiger partial charge in [0.2, 0.25) is 0 Å². The second-order valence-corrected chi connectivity index (χ2v) is 5.11. The summed E-state index contributed by atoms with van der Waals surface area (Å²) in [6.45, 7) is 2.01. The predicted molar refractivity (Wildman–Crippen MR) is 74.6 cm³/mol. The molecular weight excluding hydrogens is 344 g/mol. The van der Waals surface area contributed by atoms with Crippen molar-refractivity contribution in [2.75, 3.05) is 26.2 Å². The fourth-order valence-corrected chi connectivity index (χ4v) is 2.72. The third kappa shape index (κ3) is 4.08. The molecule has 0 aromatic heterocycles. The molecule has 1 aromatic carbocycles. The second-order valence-electron chi connectivity index (χ2n) is 4.25. The summed E-state index contributed by atoms with van der Waals surface area (Å²) >= 11 is 3.21. The lowest BCUT2D eigenvalue weighted by atomic mass is 10.0. The maximum atomic E-state index is 13.3. The molecule has 0 aliphatic carbocycles. The number of nitrogens with zero attached hydrogens (tertiary/aromatic N) is 1. The van der Waals surface area contributed by atoms with Crippen LogP contribution in [0, 0.1) is 0 Å².